The number of carbonyl (C=O) groups excluding carboxylic acids is 1. The SMILES string of the molecule is CCc1[nH]c(C(=O)N[C@@H]2CCN(c3nc(C)c(C(=O)O)s3)C[C@H]2NCc2ccccc2)nc1Cl. The number of aromatic carboxylic acids is 1. The second-order valence-electron chi connectivity index (χ2n) is 8.21. The molecule has 3 aromatic rings. The number of thiazole rings is 1. The lowest BCUT2D eigenvalue weighted by Gasteiger charge is -2.39. The first-order valence-corrected chi connectivity index (χ1v) is 12.3. The maximum Gasteiger partial charge on any atom is 0.347 e. The van der Waals surface area contributed by atoms with Gasteiger partial charge in [-0.1, -0.05) is 60.2 Å². The maximum atomic E-state index is 12.9. The lowest BCUT2D eigenvalue weighted by Crippen LogP contribution is -2.59. The zero-order chi connectivity index (χ0) is 24.2. The number of rotatable bonds is 8. The molecule has 180 valence electrons. The third-order valence-electron chi connectivity index (χ3n) is 5.89. The van der Waals surface area contributed by atoms with E-state index in [0.717, 1.165) is 11.3 Å². The number of amides is 1. The van der Waals surface area contributed by atoms with Gasteiger partial charge in [0.05, 0.1) is 11.4 Å². The first-order chi connectivity index (χ1) is 16.4. The Labute approximate surface area is 206 Å². The van der Waals surface area contributed by atoms with Crippen LogP contribution in [-0.2, 0) is 13.0 Å². The summed E-state index contributed by atoms with van der Waals surface area (Å²) in [5, 5.41) is 17.1. The zero-order valence-electron chi connectivity index (χ0n) is 19.0. The summed E-state index contributed by atoms with van der Waals surface area (Å²) in [6, 6.07) is 9.79. The van der Waals surface area contributed by atoms with E-state index in [-0.39, 0.29) is 28.7 Å². The smallest absolute Gasteiger partial charge is 0.347 e. The minimum Gasteiger partial charge on any atom is -0.477 e. The average Bonchev–Trinajstić information content (AvgIpc) is 3.41. The summed E-state index contributed by atoms with van der Waals surface area (Å²) in [6.45, 7) is 5.50. The lowest BCUT2D eigenvalue weighted by atomic mass is 9.99. The summed E-state index contributed by atoms with van der Waals surface area (Å²) in [5.41, 5.74) is 2.38. The molecule has 0 unspecified atom stereocenters. The number of carbonyl (C=O) groups is 2. The fourth-order valence-electron chi connectivity index (χ4n) is 4.03. The fraction of sp³-hybridized carbons (Fsp3) is 0.391. The van der Waals surface area contributed by atoms with E-state index < -0.39 is 5.97 Å². The Hall–Kier alpha value is -2.95. The van der Waals surface area contributed by atoms with Crippen molar-refractivity contribution < 1.29 is 14.7 Å². The molecule has 34 heavy (non-hydrogen) atoms. The number of H-pyrrole nitrogens is 1. The first kappa shape index (κ1) is 24.2. The summed E-state index contributed by atoms with van der Waals surface area (Å²) >= 11 is 7.29. The van der Waals surface area contributed by atoms with Gasteiger partial charge in [0, 0.05) is 31.7 Å². The summed E-state index contributed by atoms with van der Waals surface area (Å²) in [7, 11) is 0. The highest BCUT2D eigenvalue weighted by Gasteiger charge is 2.33. The van der Waals surface area contributed by atoms with Crippen LogP contribution in [0.5, 0.6) is 0 Å². The second kappa shape index (κ2) is 10.5. The highest BCUT2D eigenvalue weighted by Crippen LogP contribution is 2.28. The zero-order valence-corrected chi connectivity index (χ0v) is 20.5. The van der Waals surface area contributed by atoms with Crippen molar-refractivity contribution in [2.24, 2.45) is 0 Å². The maximum absolute atomic E-state index is 12.9. The molecule has 11 heteroatoms. The lowest BCUT2D eigenvalue weighted by molar-refractivity contribution is 0.0700. The Morgan fingerprint density at radius 2 is 2.03 bits per heavy atom. The first-order valence-electron chi connectivity index (χ1n) is 11.1. The third-order valence-corrected chi connectivity index (χ3v) is 7.41. The summed E-state index contributed by atoms with van der Waals surface area (Å²) in [5.74, 6) is -1.07. The molecular formula is C23H27ClN6O3S. The quantitative estimate of drug-likeness (QED) is 0.373. The molecule has 2 aromatic heterocycles. The van der Waals surface area contributed by atoms with Crippen LogP contribution in [0.2, 0.25) is 5.15 Å². The van der Waals surface area contributed by atoms with Crippen molar-refractivity contribution in [2.75, 3.05) is 18.0 Å². The van der Waals surface area contributed by atoms with Gasteiger partial charge in [-0.3, -0.25) is 4.79 Å². The van der Waals surface area contributed by atoms with E-state index in [1.165, 1.54) is 11.3 Å². The van der Waals surface area contributed by atoms with E-state index in [0.29, 0.717) is 48.5 Å². The molecular weight excluding hydrogens is 476 g/mol. The van der Waals surface area contributed by atoms with Crippen molar-refractivity contribution in [1.82, 2.24) is 25.6 Å². The third kappa shape index (κ3) is 5.40. The van der Waals surface area contributed by atoms with E-state index in [2.05, 4.69) is 30.5 Å². The van der Waals surface area contributed by atoms with Crippen LogP contribution in [-0.4, -0.2) is 57.1 Å². The van der Waals surface area contributed by atoms with Gasteiger partial charge in [0.25, 0.3) is 5.91 Å². The van der Waals surface area contributed by atoms with E-state index in [9.17, 15) is 14.7 Å². The number of aromatic amines is 1. The van der Waals surface area contributed by atoms with E-state index in [4.69, 9.17) is 11.6 Å². The van der Waals surface area contributed by atoms with Crippen molar-refractivity contribution in [2.45, 2.75) is 45.3 Å². The molecule has 0 radical (unpaired) electrons. The minimum atomic E-state index is -0.967. The molecule has 0 saturated carbocycles. The van der Waals surface area contributed by atoms with Crippen molar-refractivity contribution in [3.05, 3.63) is 63.1 Å². The van der Waals surface area contributed by atoms with Gasteiger partial charge >= 0.3 is 5.97 Å². The molecule has 4 N–H and O–H groups in total. The topological polar surface area (TPSA) is 123 Å². The van der Waals surface area contributed by atoms with Crippen LogP contribution in [0.15, 0.2) is 30.3 Å². The van der Waals surface area contributed by atoms with Crippen molar-refractivity contribution in [3.8, 4) is 0 Å². The molecule has 0 aliphatic carbocycles. The Kier molecular flexibility index (Phi) is 7.50. The monoisotopic (exact) mass is 502 g/mol. The van der Waals surface area contributed by atoms with E-state index in [1.54, 1.807) is 6.92 Å². The van der Waals surface area contributed by atoms with Gasteiger partial charge in [-0.2, -0.15) is 0 Å². The van der Waals surface area contributed by atoms with Crippen LogP contribution in [0.1, 0.15) is 50.6 Å². The number of anilines is 1. The predicted molar refractivity (Wildman–Crippen MR) is 132 cm³/mol. The van der Waals surface area contributed by atoms with Gasteiger partial charge in [-0.25, -0.2) is 14.8 Å². The van der Waals surface area contributed by atoms with Gasteiger partial charge in [0.1, 0.15) is 4.88 Å². The van der Waals surface area contributed by atoms with Crippen molar-refractivity contribution >= 4 is 39.9 Å². The number of aryl methyl sites for hydroxylation is 2. The Morgan fingerprint density at radius 1 is 1.26 bits per heavy atom. The molecule has 0 bridgehead atoms. The molecule has 1 aliphatic rings. The molecule has 3 heterocycles. The molecule has 1 saturated heterocycles. The minimum absolute atomic E-state index is 0.0912. The standard InChI is InChI=1S/C23H27ClN6O3S/c1-3-15-19(24)29-20(27-15)21(31)28-16-9-10-30(23-26-13(2)18(34-23)22(32)33)12-17(16)25-11-14-7-5-4-6-8-14/h4-8,16-17,25H,3,9-12H2,1-2H3,(H,27,29)(H,28,31)(H,32,33)/t16-,17-/m1/s1. The van der Waals surface area contributed by atoms with Crippen LogP contribution < -0.4 is 15.5 Å². The van der Waals surface area contributed by atoms with Crippen LogP contribution in [0.25, 0.3) is 0 Å². The van der Waals surface area contributed by atoms with Gasteiger partial charge < -0.3 is 25.6 Å². The van der Waals surface area contributed by atoms with Crippen molar-refractivity contribution in [1.29, 1.82) is 0 Å². The fourth-order valence-corrected chi connectivity index (χ4v) is 5.24. The number of benzene rings is 1. The number of imidazole rings is 1. The number of piperidine rings is 1. The number of nitrogens with one attached hydrogen (secondary N) is 3. The molecule has 0 spiro atoms. The number of hydrogen-bond acceptors (Lipinski definition) is 7. The van der Waals surface area contributed by atoms with Crippen molar-refractivity contribution in [3.63, 3.8) is 0 Å². The number of halogens is 1. The van der Waals surface area contributed by atoms with Gasteiger partial charge in [0.15, 0.2) is 16.1 Å². The Balaban J connectivity index is 1.50. The summed E-state index contributed by atoms with van der Waals surface area (Å²) < 4.78 is 0. The van der Waals surface area contributed by atoms with E-state index >= 15 is 0 Å². The van der Waals surface area contributed by atoms with Crippen LogP contribution in [0, 0.1) is 6.92 Å². The molecule has 9 nitrogen and oxygen atoms in total. The van der Waals surface area contributed by atoms with Gasteiger partial charge in [-0.15, -0.1) is 0 Å². The molecule has 1 aliphatic heterocycles. The van der Waals surface area contributed by atoms with Crippen LogP contribution >= 0.6 is 22.9 Å². The number of hydrogen-bond donors (Lipinski definition) is 4. The average molecular weight is 503 g/mol. The van der Waals surface area contributed by atoms with Crippen LogP contribution in [0.3, 0.4) is 0 Å². The largest absolute Gasteiger partial charge is 0.477 e. The summed E-state index contributed by atoms with van der Waals surface area (Å²) in [4.78, 5) is 38.3. The molecule has 4 rings (SSSR count). The molecule has 1 amide bonds. The highest BCUT2D eigenvalue weighted by molar-refractivity contribution is 7.17. The highest BCUT2D eigenvalue weighted by atomic mass is 35.5. The normalized spacial score (nSPS) is 18.1. The number of aromatic nitrogens is 3. The predicted octanol–water partition coefficient (Wildman–Crippen LogP) is 3.26. The number of carboxylic acids is 1. The number of carboxylic acid groups (broad SMARTS) is 1. The Bertz CT molecular complexity index is 1160. The van der Waals surface area contributed by atoms with Gasteiger partial charge in [-0.05, 0) is 25.3 Å². The molecule has 1 fully saturated rings. The van der Waals surface area contributed by atoms with Gasteiger partial charge in [0.2, 0.25) is 0 Å². The number of nitrogens with zero attached hydrogens (tertiary/aromatic N) is 3. The summed E-state index contributed by atoms with van der Waals surface area (Å²) in [6.07, 6.45) is 1.32. The molecule has 2 atom stereocenters. The van der Waals surface area contributed by atoms with E-state index in [1.807, 2.05) is 37.3 Å². The molecule has 1 aromatic carbocycles. The van der Waals surface area contributed by atoms with Crippen LogP contribution in [0.4, 0.5) is 5.13 Å². The second-order valence-corrected chi connectivity index (χ2v) is 9.55. The Morgan fingerprint density at radius 3 is 2.68 bits per heavy atom.